The van der Waals surface area contributed by atoms with Gasteiger partial charge in [-0.25, -0.2) is 0 Å². The van der Waals surface area contributed by atoms with Gasteiger partial charge in [-0.2, -0.15) is 0 Å². The fraction of sp³-hybridized carbons (Fsp3) is 0.364. The second-order valence-electron chi connectivity index (χ2n) is 7.21. The summed E-state index contributed by atoms with van der Waals surface area (Å²) in [6.45, 7) is -0.228. The quantitative estimate of drug-likeness (QED) is 0.671. The second kappa shape index (κ2) is 9.37. The van der Waals surface area contributed by atoms with Gasteiger partial charge in [0.15, 0.2) is 6.61 Å². The third-order valence-electron chi connectivity index (χ3n) is 4.95. The van der Waals surface area contributed by atoms with Crippen molar-refractivity contribution in [3.05, 3.63) is 54.6 Å². The molecule has 0 radical (unpaired) electrons. The van der Waals surface area contributed by atoms with Crippen LogP contribution in [0.4, 0.5) is 0 Å². The van der Waals surface area contributed by atoms with Crippen molar-refractivity contribution in [1.29, 1.82) is 0 Å². The number of aliphatic hydroxyl groups is 1. The molecule has 0 bridgehead atoms. The number of nitrogens with one attached hydrogen (secondary N) is 2. The Labute approximate surface area is 164 Å². The fourth-order valence-electron chi connectivity index (χ4n) is 3.50. The molecule has 28 heavy (non-hydrogen) atoms. The van der Waals surface area contributed by atoms with Crippen LogP contribution in [0.1, 0.15) is 38.5 Å². The van der Waals surface area contributed by atoms with E-state index in [-0.39, 0.29) is 13.0 Å². The molecule has 1 aliphatic carbocycles. The highest BCUT2D eigenvalue weighted by Gasteiger charge is 2.31. The second-order valence-corrected chi connectivity index (χ2v) is 7.21. The van der Waals surface area contributed by atoms with Crippen LogP contribution in [0.25, 0.3) is 11.1 Å². The van der Waals surface area contributed by atoms with Crippen LogP contribution < -0.4 is 15.6 Å². The molecule has 1 saturated carbocycles. The van der Waals surface area contributed by atoms with Gasteiger partial charge in [-0.3, -0.25) is 20.4 Å². The zero-order valence-electron chi connectivity index (χ0n) is 15.8. The molecule has 0 aromatic heterocycles. The summed E-state index contributed by atoms with van der Waals surface area (Å²) in [6, 6.07) is 17.2. The minimum absolute atomic E-state index is 0.00895. The maximum atomic E-state index is 12.0. The number of hydrazine groups is 1. The largest absolute Gasteiger partial charge is 0.483 e. The van der Waals surface area contributed by atoms with E-state index in [0.29, 0.717) is 18.6 Å². The molecule has 3 N–H and O–H groups in total. The van der Waals surface area contributed by atoms with E-state index in [1.54, 1.807) is 6.07 Å². The van der Waals surface area contributed by atoms with Gasteiger partial charge in [0.05, 0.1) is 12.0 Å². The summed E-state index contributed by atoms with van der Waals surface area (Å²) >= 11 is 0. The van der Waals surface area contributed by atoms with Crippen molar-refractivity contribution in [1.82, 2.24) is 10.9 Å². The normalized spacial score (nSPS) is 15.5. The van der Waals surface area contributed by atoms with E-state index < -0.39 is 17.4 Å². The van der Waals surface area contributed by atoms with Crippen molar-refractivity contribution in [3.63, 3.8) is 0 Å². The maximum absolute atomic E-state index is 12.0. The van der Waals surface area contributed by atoms with E-state index in [2.05, 4.69) is 10.9 Å². The lowest BCUT2D eigenvalue weighted by Gasteiger charge is -2.31. The molecule has 0 heterocycles. The van der Waals surface area contributed by atoms with Crippen LogP contribution in [0, 0.1) is 0 Å². The molecule has 1 fully saturated rings. The topological polar surface area (TPSA) is 87.7 Å². The Morgan fingerprint density at radius 2 is 1.54 bits per heavy atom. The SMILES string of the molecule is O=C(COc1ccccc1-c1ccccc1)NNC(=O)CC1(O)CCCCC1. The number of hydrogen-bond acceptors (Lipinski definition) is 4. The Kier molecular flexibility index (Phi) is 6.66. The van der Waals surface area contributed by atoms with Crippen LogP contribution in [-0.4, -0.2) is 29.1 Å². The number of para-hydroxylation sites is 1. The van der Waals surface area contributed by atoms with Gasteiger partial charge < -0.3 is 9.84 Å². The van der Waals surface area contributed by atoms with Gasteiger partial charge in [-0.05, 0) is 24.5 Å². The highest BCUT2D eigenvalue weighted by molar-refractivity contribution is 5.83. The van der Waals surface area contributed by atoms with Gasteiger partial charge in [0.2, 0.25) is 5.91 Å². The molecule has 148 valence electrons. The van der Waals surface area contributed by atoms with Gasteiger partial charge in [0.25, 0.3) is 5.91 Å². The number of hydrogen-bond donors (Lipinski definition) is 3. The molecule has 0 spiro atoms. The molecule has 0 unspecified atom stereocenters. The summed E-state index contributed by atoms with van der Waals surface area (Å²) in [6.07, 6.45) is 4.16. The zero-order chi connectivity index (χ0) is 19.8. The highest BCUT2D eigenvalue weighted by atomic mass is 16.5. The molecule has 2 amide bonds. The number of carbonyl (C=O) groups is 2. The lowest BCUT2D eigenvalue weighted by molar-refractivity contribution is -0.133. The fourth-order valence-corrected chi connectivity index (χ4v) is 3.50. The molecule has 2 aromatic rings. The first kappa shape index (κ1) is 19.9. The van der Waals surface area contributed by atoms with Crippen LogP contribution >= 0.6 is 0 Å². The van der Waals surface area contributed by atoms with Crippen molar-refractivity contribution in [2.75, 3.05) is 6.61 Å². The molecule has 6 heteroatoms. The lowest BCUT2D eigenvalue weighted by Crippen LogP contribution is -2.47. The van der Waals surface area contributed by atoms with Crippen LogP contribution in [0.15, 0.2) is 54.6 Å². The van der Waals surface area contributed by atoms with E-state index in [1.807, 2.05) is 48.5 Å². The van der Waals surface area contributed by atoms with Gasteiger partial charge in [0.1, 0.15) is 5.75 Å². The summed E-state index contributed by atoms with van der Waals surface area (Å²) in [4.78, 5) is 24.0. The molecule has 2 aromatic carbocycles. The summed E-state index contributed by atoms with van der Waals surface area (Å²) in [5.41, 5.74) is 5.62. The maximum Gasteiger partial charge on any atom is 0.276 e. The molecule has 6 nitrogen and oxygen atoms in total. The summed E-state index contributed by atoms with van der Waals surface area (Å²) < 4.78 is 5.64. The average molecular weight is 382 g/mol. The Hall–Kier alpha value is -2.86. The number of carbonyl (C=O) groups excluding carboxylic acids is 2. The van der Waals surface area contributed by atoms with E-state index in [4.69, 9.17) is 4.74 Å². The molecule has 1 aliphatic rings. The Morgan fingerprint density at radius 3 is 2.29 bits per heavy atom. The van der Waals surface area contributed by atoms with Gasteiger partial charge >= 0.3 is 0 Å². The summed E-state index contributed by atoms with van der Waals surface area (Å²) in [5, 5.41) is 10.4. The minimum Gasteiger partial charge on any atom is -0.483 e. The van der Waals surface area contributed by atoms with Crippen molar-refractivity contribution in [2.45, 2.75) is 44.1 Å². The minimum atomic E-state index is -0.960. The summed E-state index contributed by atoms with van der Waals surface area (Å²) in [5.74, 6) is -0.277. The first-order valence-corrected chi connectivity index (χ1v) is 9.63. The Bertz CT molecular complexity index is 801. The third-order valence-corrected chi connectivity index (χ3v) is 4.95. The van der Waals surface area contributed by atoms with Gasteiger partial charge in [-0.1, -0.05) is 67.8 Å². The molecule has 0 saturated heterocycles. The van der Waals surface area contributed by atoms with Crippen molar-refractivity contribution in [3.8, 4) is 16.9 Å². The highest BCUT2D eigenvalue weighted by Crippen LogP contribution is 2.31. The van der Waals surface area contributed by atoms with Gasteiger partial charge in [0, 0.05) is 5.56 Å². The zero-order valence-corrected chi connectivity index (χ0v) is 15.8. The monoisotopic (exact) mass is 382 g/mol. The van der Waals surface area contributed by atoms with E-state index in [0.717, 1.165) is 30.4 Å². The first-order valence-electron chi connectivity index (χ1n) is 9.63. The molecular formula is C22H26N2O4. The van der Waals surface area contributed by atoms with E-state index in [9.17, 15) is 14.7 Å². The Balaban J connectivity index is 1.48. The molecular weight excluding hydrogens is 356 g/mol. The van der Waals surface area contributed by atoms with Crippen LogP contribution in [-0.2, 0) is 9.59 Å². The van der Waals surface area contributed by atoms with Gasteiger partial charge in [-0.15, -0.1) is 0 Å². The van der Waals surface area contributed by atoms with Crippen LogP contribution in [0.5, 0.6) is 5.75 Å². The third kappa shape index (κ3) is 5.57. The molecule has 3 rings (SSSR count). The first-order chi connectivity index (χ1) is 13.6. The van der Waals surface area contributed by atoms with Crippen molar-refractivity contribution < 1.29 is 19.4 Å². The molecule has 0 atom stereocenters. The number of amides is 2. The lowest BCUT2D eigenvalue weighted by atomic mass is 9.82. The van der Waals surface area contributed by atoms with Crippen molar-refractivity contribution in [2.24, 2.45) is 0 Å². The van der Waals surface area contributed by atoms with E-state index in [1.165, 1.54) is 0 Å². The Morgan fingerprint density at radius 1 is 0.893 bits per heavy atom. The van der Waals surface area contributed by atoms with Crippen molar-refractivity contribution >= 4 is 11.8 Å². The number of benzene rings is 2. The summed E-state index contributed by atoms with van der Waals surface area (Å²) in [7, 11) is 0. The predicted molar refractivity (Wildman–Crippen MR) is 106 cm³/mol. The smallest absolute Gasteiger partial charge is 0.276 e. The number of ether oxygens (including phenoxy) is 1. The van der Waals surface area contributed by atoms with E-state index >= 15 is 0 Å². The van der Waals surface area contributed by atoms with Crippen LogP contribution in [0.2, 0.25) is 0 Å². The number of rotatable bonds is 6. The van der Waals surface area contributed by atoms with Crippen LogP contribution in [0.3, 0.4) is 0 Å². The molecule has 0 aliphatic heterocycles. The predicted octanol–water partition coefficient (Wildman–Crippen LogP) is 2.97. The standard InChI is InChI=1S/C22H26N2O4/c25-20(15-22(27)13-7-2-8-14-22)23-24-21(26)16-28-19-12-6-5-11-18(19)17-9-3-1-4-10-17/h1,3-6,9-12,27H,2,7-8,13-16H2,(H,23,25)(H,24,26). The average Bonchev–Trinajstić information content (AvgIpc) is 2.72.